The van der Waals surface area contributed by atoms with Crippen molar-refractivity contribution >= 4 is 5.78 Å². The Morgan fingerprint density at radius 1 is 1.06 bits per heavy atom. The van der Waals surface area contributed by atoms with Crippen LogP contribution >= 0.6 is 0 Å². The lowest BCUT2D eigenvalue weighted by Gasteiger charge is -2.70. The van der Waals surface area contributed by atoms with E-state index in [9.17, 15) is 15.0 Å². The van der Waals surface area contributed by atoms with Gasteiger partial charge in [-0.25, -0.2) is 0 Å². The van der Waals surface area contributed by atoms with Gasteiger partial charge in [-0.3, -0.25) is 4.79 Å². The van der Waals surface area contributed by atoms with Gasteiger partial charge in [0.1, 0.15) is 5.78 Å². The van der Waals surface area contributed by atoms with Crippen molar-refractivity contribution in [1.82, 2.24) is 0 Å². The lowest BCUT2D eigenvalue weighted by Crippen LogP contribution is -2.67. The molecule has 0 spiro atoms. The molecule has 0 aromatic rings. The molecule has 4 fully saturated rings. The van der Waals surface area contributed by atoms with E-state index in [1.165, 1.54) is 5.57 Å². The molecule has 4 aliphatic carbocycles. The lowest BCUT2D eigenvalue weighted by atomic mass is 9.35. The third kappa shape index (κ3) is 3.53. The summed E-state index contributed by atoms with van der Waals surface area (Å²) in [7, 11) is 0. The van der Waals surface area contributed by atoms with E-state index < -0.39 is 5.60 Å². The second-order valence-electron chi connectivity index (χ2n) is 14.3. The molecule has 0 amide bonds. The number of aliphatic hydroxyl groups is 2. The van der Waals surface area contributed by atoms with Crippen LogP contribution in [0.2, 0.25) is 0 Å². The highest BCUT2D eigenvalue weighted by Gasteiger charge is 2.71. The molecule has 0 aromatic heterocycles. The lowest BCUT2D eigenvalue weighted by molar-refractivity contribution is -0.241. The number of Topliss-reactive ketones (excluding diaryl/α,β-unsaturated/α-hetero) is 1. The van der Waals surface area contributed by atoms with Crippen molar-refractivity contribution < 1.29 is 15.0 Å². The zero-order valence-electron chi connectivity index (χ0n) is 22.6. The summed E-state index contributed by atoms with van der Waals surface area (Å²) in [4.78, 5) is 12.9. The first-order valence-electron chi connectivity index (χ1n) is 13.7. The standard InChI is InChI=1S/C30H50O3/c1-19(2)10-9-14-30(8,33)20-11-16-28(6)21(20)18-22(31)25-27(5)15-13-24(32)26(3,4)23(27)12-17-29(25,28)7/h10,20-23,25,31,33H,9,11-18H2,1-8H3. The van der Waals surface area contributed by atoms with Crippen LogP contribution < -0.4 is 0 Å². The third-order valence-corrected chi connectivity index (χ3v) is 12.1. The molecule has 9 atom stereocenters. The van der Waals surface area contributed by atoms with Gasteiger partial charge in [-0.15, -0.1) is 0 Å². The van der Waals surface area contributed by atoms with E-state index in [1.54, 1.807) is 0 Å². The van der Waals surface area contributed by atoms with Crippen LogP contribution in [-0.4, -0.2) is 27.7 Å². The summed E-state index contributed by atoms with van der Waals surface area (Å²) in [5.74, 6) is 1.59. The van der Waals surface area contributed by atoms with E-state index in [2.05, 4.69) is 61.5 Å². The molecule has 0 aliphatic heterocycles. The average Bonchev–Trinajstić information content (AvgIpc) is 3.03. The quantitative estimate of drug-likeness (QED) is 0.460. The summed E-state index contributed by atoms with van der Waals surface area (Å²) in [5, 5.41) is 23.5. The fourth-order valence-corrected chi connectivity index (χ4v) is 10.2. The number of carbonyl (C=O) groups excluding carboxylic acids is 1. The molecule has 0 heterocycles. The van der Waals surface area contributed by atoms with Gasteiger partial charge in [-0.2, -0.15) is 0 Å². The van der Waals surface area contributed by atoms with Crippen LogP contribution in [0.15, 0.2) is 11.6 Å². The van der Waals surface area contributed by atoms with Crippen LogP contribution in [0.3, 0.4) is 0 Å². The highest BCUT2D eigenvalue weighted by atomic mass is 16.3. The maximum atomic E-state index is 12.9. The fourth-order valence-electron chi connectivity index (χ4n) is 10.2. The highest BCUT2D eigenvalue weighted by Crippen LogP contribution is 2.75. The molecule has 3 nitrogen and oxygen atoms in total. The summed E-state index contributed by atoms with van der Waals surface area (Å²) < 4.78 is 0. The summed E-state index contributed by atoms with van der Waals surface area (Å²) in [6.07, 6.45) is 10.3. The number of aliphatic hydroxyl groups excluding tert-OH is 1. The number of fused-ring (bicyclic) bond motifs is 5. The predicted molar refractivity (Wildman–Crippen MR) is 135 cm³/mol. The Kier molecular flexibility index (Phi) is 6.10. The van der Waals surface area contributed by atoms with Crippen molar-refractivity contribution in [2.45, 2.75) is 125 Å². The molecule has 0 bridgehead atoms. The largest absolute Gasteiger partial charge is 0.393 e. The monoisotopic (exact) mass is 458 g/mol. The van der Waals surface area contributed by atoms with E-state index in [1.807, 2.05) is 0 Å². The Labute approximate surface area is 202 Å². The topological polar surface area (TPSA) is 57.5 Å². The normalized spacial score (nSPS) is 48.3. The number of ketones is 1. The first kappa shape index (κ1) is 25.4. The molecular weight excluding hydrogens is 408 g/mol. The molecule has 0 saturated heterocycles. The molecule has 3 heteroatoms. The van der Waals surface area contributed by atoms with E-state index >= 15 is 0 Å². The van der Waals surface area contributed by atoms with Gasteiger partial charge >= 0.3 is 0 Å². The first-order chi connectivity index (χ1) is 15.1. The Hall–Kier alpha value is -0.670. The van der Waals surface area contributed by atoms with Crippen molar-refractivity contribution in [1.29, 1.82) is 0 Å². The van der Waals surface area contributed by atoms with Gasteiger partial charge in [-0.05, 0) is 112 Å². The minimum Gasteiger partial charge on any atom is -0.393 e. The summed E-state index contributed by atoms with van der Waals surface area (Å²) >= 11 is 0. The van der Waals surface area contributed by atoms with Gasteiger partial charge in [0.2, 0.25) is 0 Å². The molecule has 188 valence electrons. The molecule has 0 aromatic carbocycles. The summed E-state index contributed by atoms with van der Waals surface area (Å²) in [5.41, 5.74) is 0.492. The summed E-state index contributed by atoms with van der Waals surface area (Å²) in [6.45, 7) is 18.0. The van der Waals surface area contributed by atoms with E-state index in [4.69, 9.17) is 0 Å². The number of hydrogen-bond donors (Lipinski definition) is 2. The highest BCUT2D eigenvalue weighted by molar-refractivity contribution is 5.85. The molecule has 4 aliphatic rings. The van der Waals surface area contributed by atoms with Gasteiger partial charge in [0, 0.05) is 11.8 Å². The Balaban J connectivity index is 1.67. The number of rotatable bonds is 4. The van der Waals surface area contributed by atoms with Crippen molar-refractivity contribution in [3.05, 3.63) is 11.6 Å². The van der Waals surface area contributed by atoms with Gasteiger partial charge in [-0.1, -0.05) is 46.3 Å². The average molecular weight is 459 g/mol. The van der Waals surface area contributed by atoms with Crippen LogP contribution in [-0.2, 0) is 4.79 Å². The minimum atomic E-state index is -0.697. The maximum absolute atomic E-state index is 12.9. The Morgan fingerprint density at radius 3 is 2.33 bits per heavy atom. The van der Waals surface area contributed by atoms with Crippen LogP contribution in [0.4, 0.5) is 0 Å². The number of allylic oxidation sites excluding steroid dienone is 2. The number of carbonyl (C=O) groups is 1. The molecule has 4 saturated carbocycles. The molecule has 0 radical (unpaired) electrons. The number of hydrogen-bond acceptors (Lipinski definition) is 3. The van der Waals surface area contributed by atoms with Crippen molar-refractivity contribution in [2.24, 2.45) is 45.3 Å². The van der Waals surface area contributed by atoms with Gasteiger partial charge in [0.05, 0.1) is 11.7 Å². The smallest absolute Gasteiger partial charge is 0.138 e. The summed E-state index contributed by atoms with van der Waals surface area (Å²) in [6, 6.07) is 0. The SMILES string of the molecule is CC(C)=CCCC(C)(O)C1CCC2(C)C1CC(O)C1C3(C)CCC(=O)C(C)(C)C3CCC12C. The minimum absolute atomic E-state index is 0.00184. The van der Waals surface area contributed by atoms with Crippen LogP contribution in [0.1, 0.15) is 113 Å². The zero-order valence-corrected chi connectivity index (χ0v) is 22.6. The van der Waals surface area contributed by atoms with E-state index in [-0.39, 0.29) is 39.6 Å². The molecule has 4 rings (SSSR count). The van der Waals surface area contributed by atoms with Crippen LogP contribution in [0.25, 0.3) is 0 Å². The maximum Gasteiger partial charge on any atom is 0.138 e. The first-order valence-corrected chi connectivity index (χ1v) is 13.7. The second-order valence-corrected chi connectivity index (χ2v) is 14.3. The molecule has 9 unspecified atom stereocenters. The zero-order chi connectivity index (χ0) is 24.6. The van der Waals surface area contributed by atoms with Gasteiger partial charge in [0.15, 0.2) is 0 Å². The Morgan fingerprint density at radius 2 is 1.70 bits per heavy atom. The fraction of sp³-hybridized carbons (Fsp3) is 0.900. The van der Waals surface area contributed by atoms with E-state index in [0.29, 0.717) is 24.0 Å². The van der Waals surface area contributed by atoms with Crippen molar-refractivity contribution in [2.75, 3.05) is 0 Å². The second kappa shape index (κ2) is 7.92. The molecule has 2 N–H and O–H groups in total. The van der Waals surface area contributed by atoms with Crippen molar-refractivity contribution in [3.8, 4) is 0 Å². The van der Waals surface area contributed by atoms with Crippen molar-refractivity contribution in [3.63, 3.8) is 0 Å². The third-order valence-electron chi connectivity index (χ3n) is 12.1. The Bertz CT molecular complexity index is 820. The van der Waals surface area contributed by atoms with Crippen LogP contribution in [0, 0.1) is 45.3 Å². The predicted octanol–water partition coefficient (Wildman–Crippen LogP) is 6.71. The molecular formula is C30H50O3. The van der Waals surface area contributed by atoms with Gasteiger partial charge < -0.3 is 10.2 Å². The van der Waals surface area contributed by atoms with Crippen LogP contribution in [0.5, 0.6) is 0 Å². The van der Waals surface area contributed by atoms with E-state index in [0.717, 1.165) is 51.4 Å². The molecule has 33 heavy (non-hydrogen) atoms. The van der Waals surface area contributed by atoms with Gasteiger partial charge in [0.25, 0.3) is 0 Å².